The zero-order chi connectivity index (χ0) is 17.2. The van der Waals surface area contributed by atoms with Gasteiger partial charge in [0.2, 0.25) is 5.91 Å². The van der Waals surface area contributed by atoms with Crippen LogP contribution in [0.4, 0.5) is 0 Å². The van der Waals surface area contributed by atoms with E-state index in [4.69, 9.17) is 4.74 Å². The van der Waals surface area contributed by atoms with Crippen LogP contribution in [-0.4, -0.2) is 55.0 Å². The Bertz CT molecular complexity index is 575. The molecule has 0 aromatic heterocycles. The zero-order valence-electron chi connectivity index (χ0n) is 14.6. The van der Waals surface area contributed by atoms with Gasteiger partial charge in [-0.1, -0.05) is 45.0 Å². The lowest BCUT2D eigenvalue weighted by Gasteiger charge is -2.37. The molecule has 0 radical (unpaired) electrons. The van der Waals surface area contributed by atoms with Crippen molar-refractivity contribution in [2.24, 2.45) is 0 Å². The van der Waals surface area contributed by atoms with Gasteiger partial charge in [0.25, 0.3) is 0 Å². The third-order valence-electron chi connectivity index (χ3n) is 4.33. The first-order chi connectivity index (χ1) is 10.7. The van der Waals surface area contributed by atoms with Gasteiger partial charge < -0.3 is 9.64 Å². The zero-order valence-corrected chi connectivity index (χ0v) is 14.6. The van der Waals surface area contributed by atoms with Gasteiger partial charge >= 0.3 is 5.97 Å². The Hall–Kier alpha value is -1.88. The van der Waals surface area contributed by atoms with Crippen molar-refractivity contribution in [1.82, 2.24) is 9.80 Å². The van der Waals surface area contributed by atoms with Crippen LogP contribution in [-0.2, 0) is 26.3 Å². The fraction of sp³-hybridized carbons (Fsp3) is 0.556. The van der Waals surface area contributed by atoms with Crippen molar-refractivity contribution < 1.29 is 14.3 Å². The van der Waals surface area contributed by atoms with Crippen molar-refractivity contribution in [3.63, 3.8) is 0 Å². The first kappa shape index (κ1) is 17.5. The molecular weight excluding hydrogens is 292 g/mol. The Morgan fingerprint density at radius 1 is 1.26 bits per heavy atom. The molecule has 0 aliphatic carbocycles. The summed E-state index contributed by atoms with van der Waals surface area (Å²) >= 11 is 0. The minimum absolute atomic E-state index is 0.0348. The fourth-order valence-corrected chi connectivity index (χ4v) is 2.75. The van der Waals surface area contributed by atoms with E-state index in [0.29, 0.717) is 13.1 Å². The number of hydrogen-bond acceptors (Lipinski definition) is 4. The van der Waals surface area contributed by atoms with Gasteiger partial charge in [0, 0.05) is 13.1 Å². The predicted molar refractivity (Wildman–Crippen MR) is 89.0 cm³/mol. The van der Waals surface area contributed by atoms with Crippen LogP contribution in [0, 0.1) is 0 Å². The summed E-state index contributed by atoms with van der Waals surface area (Å²) in [5.41, 5.74) is 2.44. The molecule has 1 aromatic rings. The minimum atomic E-state index is -0.397. The summed E-state index contributed by atoms with van der Waals surface area (Å²) in [6.07, 6.45) is 0. The van der Waals surface area contributed by atoms with Crippen molar-refractivity contribution in [3.8, 4) is 0 Å². The summed E-state index contributed by atoms with van der Waals surface area (Å²) in [7, 11) is 3.15. The predicted octanol–water partition coefficient (Wildman–Crippen LogP) is 1.80. The molecule has 1 fully saturated rings. The van der Waals surface area contributed by atoms with Gasteiger partial charge in [0.15, 0.2) is 0 Å². The number of carbonyl (C=O) groups is 2. The lowest BCUT2D eigenvalue weighted by Crippen LogP contribution is -2.57. The van der Waals surface area contributed by atoms with Crippen LogP contribution < -0.4 is 0 Å². The molecule has 1 heterocycles. The molecule has 2 rings (SSSR count). The van der Waals surface area contributed by atoms with E-state index in [1.54, 1.807) is 16.8 Å². The van der Waals surface area contributed by atoms with Crippen LogP contribution in [0.25, 0.3) is 0 Å². The standard InChI is InChI=1S/C18H26N2O3/c1-18(2,3)14-8-6-13(7-9-14)10-20-11-15(17(22)23-5)19(4)12-16(20)21/h6-9,15H,10-12H2,1-5H3/t15-/m1/s1. The highest BCUT2D eigenvalue weighted by Gasteiger charge is 2.34. The summed E-state index contributed by atoms with van der Waals surface area (Å²) in [6, 6.07) is 7.92. The Morgan fingerprint density at radius 2 is 1.87 bits per heavy atom. The molecule has 1 aliphatic rings. The number of methoxy groups -OCH3 is 1. The largest absolute Gasteiger partial charge is 0.468 e. The third kappa shape index (κ3) is 4.10. The molecule has 1 aliphatic heterocycles. The summed E-state index contributed by atoms with van der Waals surface area (Å²) in [6.45, 7) is 7.64. The normalized spacial score (nSPS) is 19.8. The maximum atomic E-state index is 12.2. The summed E-state index contributed by atoms with van der Waals surface area (Å²) in [5, 5.41) is 0. The SMILES string of the molecule is COC(=O)[C@H]1CN(Cc2ccc(C(C)(C)C)cc2)C(=O)CN1C. The Morgan fingerprint density at radius 3 is 2.39 bits per heavy atom. The molecule has 126 valence electrons. The smallest absolute Gasteiger partial charge is 0.324 e. The van der Waals surface area contributed by atoms with Crippen molar-refractivity contribution >= 4 is 11.9 Å². The van der Waals surface area contributed by atoms with Crippen LogP contribution in [0.15, 0.2) is 24.3 Å². The first-order valence-corrected chi connectivity index (χ1v) is 7.87. The molecule has 5 heteroatoms. The number of esters is 1. The number of amides is 1. The highest BCUT2D eigenvalue weighted by atomic mass is 16.5. The molecule has 1 amide bonds. The molecule has 0 unspecified atom stereocenters. The molecule has 5 nitrogen and oxygen atoms in total. The van der Waals surface area contributed by atoms with Gasteiger partial charge in [0.1, 0.15) is 6.04 Å². The van der Waals surface area contributed by atoms with Crippen LogP contribution in [0.3, 0.4) is 0 Å². The number of benzene rings is 1. The molecule has 0 N–H and O–H groups in total. The highest BCUT2D eigenvalue weighted by molar-refractivity contribution is 5.84. The second kappa shape index (κ2) is 6.71. The number of piperazine rings is 1. The van der Waals surface area contributed by atoms with Crippen molar-refractivity contribution in [2.45, 2.75) is 38.8 Å². The lowest BCUT2D eigenvalue weighted by molar-refractivity contribution is -0.153. The van der Waals surface area contributed by atoms with Crippen LogP contribution in [0.1, 0.15) is 31.9 Å². The molecule has 1 atom stereocenters. The van der Waals surface area contributed by atoms with Gasteiger partial charge in [0.05, 0.1) is 13.7 Å². The average molecular weight is 318 g/mol. The second-order valence-electron chi connectivity index (χ2n) is 7.18. The monoisotopic (exact) mass is 318 g/mol. The number of rotatable bonds is 3. The average Bonchev–Trinajstić information content (AvgIpc) is 2.49. The third-order valence-corrected chi connectivity index (χ3v) is 4.33. The summed E-state index contributed by atoms with van der Waals surface area (Å²) in [5.74, 6) is -0.263. The van der Waals surface area contributed by atoms with E-state index in [2.05, 4.69) is 45.0 Å². The molecular formula is C18H26N2O3. The Labute approximate surface area is 138 Å². The van der Waals surface area contributed by atoms with Crippen molar-refractivity contribution in [1.29, 1.82) is 0 Å². The van der Waals surface area contributed by atoms with Gasteiger partial charge in [-0.15, -0.1) is 0 Å². The van der Waals surface area contributed by atoms with Crippen LogP contribution >= 0.6 is 0 Å². The Balaban J connectivity index is 2.09. The maximum Gasteiger partial charge on any atom is 0.324 e. The van der Waals surface area contributed by atoms with E-state index < -0.39 is 6.04 Å². The summed E-state index contributed by atoms with van der Waals surface area (Å²) < 4.78 is 4.83. The topological polar surface area (TPSA) is 49.9 Å². The van der Waals surface area contributed by atoms with Gasteiger partial charge in [-0.2, -0.15) is 0 Å². The van der Waals surface area contributed by atoms with Crippen molar-refractivity contribution in [3.05, 3.63) is 35.4 Å². The molecule has 23 heavy (non-hydrogen) atoms. The maximum absolute atomic E-state index is 12.2. The van der Waals surface area contributed by atoms with E-state index in [1.165, 1.54) is 12.7 Å². The van der Waals surface area contributed by atoms with Gasteiger partial charge in [-0.3, -0.25) is 14.5 Å². The molecule has 0 saturated carbocycles. The minimum Gasteiger partial charge on any atom is -0.468 e. The highest BCUT2D eigenvalue weighted by Crippen LogP contribution is 2.23. The van der Waals surface area contributed by atoms with E-state index in [-0.39, 0.29) is 23.8 Å². The second-order valence-corrected chi connectivity index (χ2v) is 7.18. The van der Waals surface area contributed by atoms with Crippen molar-refractivity contribution in [2.75, 3.05) is 27.2 Å². The molecule has 1 saturated heterocycles. The number of likely N-dealkylation sites (N-methyl/N-ethyl adjacent to an activating group) is 1. The molecule has 0 bridgehead atoms. The molecule has 0 spiro atoms. The summed E-state index contributed by atoms with van der Waals surface area (Å²) in [4.78, 5) is 27.5. The first-order valence-electron chi connectivity index (χ1n) is 7.87. The molecule has 1 aromatic carbocycles. The van der Waals surface area contributed by atoms with Gasteiger partial charge in [-0.25, -0.2) is 0 Å². The number of ether oxygens (including phenoxy) is 1. The van der Waals surface area contributed by atoms with E-state index in [1.807, 2.05) is 0 Å². The fourth-order valence-electron chi connectivity index (χ4n) is 2.75. The number of nitrogens with zero attached hydrogens (tertiary/aromatic N) is 2. The Kier molecular flexibility index (Phi) is 5.09. The van der Waals surface area contributed by atoms with E-state index in [0.717, 1.165) is 5.56 Å². The van der Waals surface area contributed by atoms with Crippen LogP contribution in [0.5, 0.6) is 0 Å². The van der Waals surface area contributed by atoms with E-state index >= 15 is 0 Å². The van der Waals surface area contributed by atoms with E-state index in [9.17, 15) is 9.59 Å². The number of carbonyl (C=O) groups excluding carboxylic acids is 2. The quantitative estimate of drug-likeness (QED) is 0.798. The van der Waals surface area contributed by atoms with Gasteiger partial charge in [-0.05, 0) is 23.6 Å². The van der Waals surface area contributed by atoms with Crippen LogP contribution in [0.2, 0.25) is 0 Å². The lowest BCUT2D eigenvalue weighted by atomic mass is 9.87. The number of hydrogen-bond donors (Lipinski definition) is 0.